The van der Waals surface area contributed by atoms with Gasteiger partial charge in [0, 0.05) is 5.69 Å². The second-order valence-corrected chi connectivity index (χ2v) is 9.93. The summed E-state index contributed by atoms with van der Waals surface area (Å²) in [5.41, 5.74) is 2.26. The summed E-state index contributed by atoms with van der Waals surface area (Å²) in [6.45, 7) is 0.909. The molecule has 1 aromatic heterocycles. The lowest BCUT2D eigenvalue weighted by Gasteiger charge is -2.36. The zero-order valence-electron chi connectivity index (χ0n) is 17.6. The number of para-hydroxylation sites is 1. The molecule has 1 saturated heterocycles. The first-order chi connectivity index (χ1) is 15.2. The number of anilines is 1. The van der Waals surface area contributed by atoms with Crippen LogP contribution in [0.1, 0.15) is 44.9 Å². The highest BCUT2D eigenvalue weighted by molar-refractivity contribution is 7.21. The highest BCUT2D eigenvalue weighted by atomic mass is 32.1. The van der Waals surface area contributed by atoms with Crippen molar-refractivity contribution < 1.29 is 9.90 Å². The maximum absolute atomic E-state index is 13.0. The Morgan fingerprint density at radius 3 is 2.74 bits per heavy atom. The number of carbonyl (C=O) groups is 1. The van der Waals surface area contributed by atoms with Gasteiger partial charge in [0.1, 0.15) is 10.8 Å². The molecule has 2 fully saturated rings. The molecule has 2 heterocycles. The Labute approximate surface area is 186 Å². The van der Waals surface area contributed by atoms with Gasteiger partial charge in [0.25, 0.3) is 0 Å². The van der Waals surface area contributed by atoms with Crippen molar-refractivity contribution in [3.63, 3.8) is 0 Å². The predicted molar refractivity (Wildman–Crippen MR) is 126 cm³/mol. The van der Waals surface area contributed by atoms with Crippen LogP contribution in [0.4, 0.5) is 5.69 Å². The number of amides is 1. The number of hydrogen-bond donors (Lipinski definition) is 3. The Morgan fingerprint density at radius 1 is 1.06 bits per heavy atom. The van der Waals surface area contributed by atoms with Crippen LogP contribution in [0.25, 0.3) is 20.8 Å². The fraction of sp³-hybridized carbons (Fsp3) is 0.440. The number of fused-ring (bicyclic) bond motifs is 1. The van der Waals surface area contributed by atoms with Gasteiger partial charge >= 0.3 is 0 Å². The highest BCUT2D eigenvalue weighted by Gasteiger charge is 2.32. The maximum atomic E-state index is 13.0. The number of phenols is 1. The number of rotatable bonds is 4. The van der Waals surface area contributed by atoms with Gasteiger partial charge in [0.15, 0.2) is 0 Å². The largest absolute Gasteiger partial charge is 0.507 e. The molecule has 5 nitrogen and oxygen atoms in total. The van der Waals surface area contributed by atoms with E-state index in [-0.39, 0.29) is 17.7 Å². The van der Waals surface area contributed by atoms with E-state index in [0.29, 0.717) is 17.2 Å². The first-order valence-corrected chi connectivity index (χ1v) is 12.2. The third-order valence-electron chi connectivity index (χ3n) is 6.87. The van der Waals surface area contributed by atoms with E-state index in [9.17, 15) is 9.90 Å². The fourth-order valence-electron chi connectivity index (χ4n) is 5.18. The monoisotopic (exact) mass is 435 g/mol. The van der Waals surface area contributed by atoms with E-state index in [1.807, 2.05) is 30.3 Å². The third kappa shape index (κ3) is 4.46. The van der Waals surface area contributed by atoms with Crippen LogP contribution in [0.15, 0.2) is 42.5 Å². The molecule has 1 saturated carbocycles. The number of piperidine rings is 1. The van der Waals surface area contributed by atoms with E-state index in [2.05, 4.69) is 15.6 Å². The van der Waals surface area contributed by atoms with E-state index in [1.165, 1.54) is 38.5 Å². The number of thiazole rings is 1. The van der Waals surface area contributed by atoms with Gasteiger partial charge in [-0.15, -0.1) is 11.3 Å². The van der Waals surface area contributed by atoms with Gasteiger partial charge in [-0.05, 0) is 61.6 Å². The van der Waals surface area contributed by atoms with E-state index in [4.69, 9.17) is 0 Å². The van der Waals surface area contributed by atoms with Gasteiger partial charge in [0.05, 0.1) is 21.8 Å². The van der Waals surface area contributed by atoms with Crippen LogP contribution < -0.4 is 10.6 Å². The summed E-state index contributed by atoms with van der Waals surface area (Å²) in [5, 5.41) is 17.7. The molecule has 2 unspecified atom stereocenters. The molecule has 0 radical (unpaired) electrons. The molecular weight excluding hydrogens is 406 g/mol. The Bertz CT molecular complexity index is 1040. The van der Waals surface area contributed by atoms with Crippen molar-refractivity contribution in [2.24, 2.45) is 11.8 Å². The molecule has 0 bridgehead atoms. The van der Waals surface area contributed by atoms with E-state index in [0.717, 1.165) is 34.1 Å². The van der Waals surface area contributed by atoms with Gasteiger partial charge in [-0.3, -0.25) is 4.79 Å². The van der Waals surface area contributed by atoms with E-state index >= 15 is 0 Å². The lowest BCUT2D eigenvalue weighted by molar-refractivity contribution is -0.119. The second-order valence-electron chi connectivity index (χ2n) is 8.90. The van der Waals surface area contributed by atoms with Crippen molar-refractivity contribution in [1.29, 1.82) is 0 Å². The maximum Gasteiger partial charge on any atom is 0.241 e. The van der Waals surface area contributed by atoms with Crippen LogP contribution in [0.5, 0.6) is 5.75 Å². The van der Waals surface area contributed by atoms with Crippen LogP contribution in [0, 0.1) is 11.8 Å². The summed E-state index contributed by atoms with van der Waals surface area (Å²) in [7, 11) is 0. The molecule has 3 N–H and O–H groups in total. The minimum absolute atomic E-state index is 0.0152. The summed E-state index contributed by atoms with van der Waals surface area (Å²) in [5.74, 6) is 1.62. The number of nitrogens with one attached hydrogen (secondary N) is 2. The Balaban J connectivity index is 1.30. The van der Waals surface area contributed by atoms with E-state index in [1.54, 1.807) is 23.5 Å². The highest BCUT2D eigenvalue weighted by Crippen LogP contribution is 2.38. The first kappa shape index (κ1) is 20.5. The van der Waals surface area contributed by atoms with Gasteiger partial charge in [0.2, 0.25) is 5.91 Å². The fourth-order valence-corrected chi connectivity index (χ4v) is 6.17. The number of nitrogens with zero attached hydrogens (tertiary/aromatic N) is 1. The molecule has 2 atom stereocenters. The molecule has 2 aliphatic rings. The predicted octanol–water partition coefficient (Wildman–Crippen LogP) is 5.56. The molecule has 1 aliphatic carbocycles. The molecule has 1 amide bonds. The quantitative estimate of drug-likeness (QED) is 0.469. The number of aromatic hydroxyl groups is 1. The minimum atomic E-state index is -0.152. The first-order valence-electron chi connectivity index (χ1n) is 11.4. The van der Waals surface area contributed by atoms with Crippen molar-refractivity contribution in [2.75, 3.05) is 11.9 Å². The number of carbonyl (C=O) groups excluding carboxylic acids is 1. The van der Waals surface area contributed by atoms with Crippen LogP contribution in [0.3, 0.4) is 0 Å². The van der Waals surface area contributed by atoms with Gasteiger partial charge < -0.3 is 15.7 Å². The number of hydrogen-bond acceptors (Lipinski definition) is 5. The molecule has 2 aromatic carbocycles. The zero-order valence-corrected chi connectivity index (χ0v) is 18.5. The molecule has 1 aliphatic heterocycles. The zero-order chi connectivity index (χ0) is 21.2. The molecule has 5 rings (SSSR count). The minimum Gasteiger partial charge on any atom is -0.507 e. The smallest absolute Gasteiger partial charge is 0.241 e. The Hall–Kier alpha value is -2.44. The topological polar surface area (TPSA) is 74.2 Å². The standard InChI is InChI=1S/C25H29N3O2S/c29-22-11-10-18(15-19(22)25-28-20-8-4-5-9-23(20)31-25)27-24(30)21-14-17(12-13-26-21)16-6-2-1-3-7-16/h4-5,8-11,15-17,21,26,29H,1-3,6-7,12-14H2,(H,27,30). The summed E-state index contributed by atoms with van der Waals surface area (Å²) < 4.78 is 1.08. The average molecular weight is 436 g/mol. The molecule has 6 heteroatoms. The lowest BCUT2D eigenvalue weighted by atomic mass is 9.74. The normalized spacial score (nSPS) is 22.5. The number of aromatic nitrogens is 1. The second kappa shape index (κ2) is 8.97. The van der Waals surface area contributed by atoms with Crippen LogP contribution in [-0.2, 0) is 4.79 Å². The Morgan fingerprint density at radius 2 is 1.90 bits per heavy atom. The van der Waals surface area contributed by atoms with E-state index < -0.39 is 0 Å². The SMILES string of the molecule is O=C(Nc1ccc(O)c(-c2nc3ccccc3s2)c1)C1CC(C2CCCCC2)CCN1. The number of phenolic OH excluding ortho intramolecular Hbond substituents is 1. The van der Waals surface area contributed by atoms with Crippen LogP contribution in [0.2, 0.25) is 0 Å². The molecule has 3 aromatic rings. The Kier molecular flexibility index (Phi) is 5.92. The average Bonchev–Trinajstić information content (AvgIpc) is 3.25. The summed E-state index contributed by atoms with van der Waals surface area (Å²) in [4.78, 5) is 17.7. The van der Waals surface area contributed by atoms with Gasteiger partial charge in [-0.2, -0.15) is 0 Å². The van der Waals surface area contributed by atoms with Crippen LogP contribution in [-0.4, -0.2) is 28.6 Å². The number of benzene rings is 2. The summed E-state index contributed by atoms with van der Waals surface area (Å²) in [6.07, 6.45) is 8.78. The van der Waals surface area contributed by atoms with Crippen molar-refractivity contribution in [3.8, 4) is 16.3 Å². The summed E-state index contributed by atoms with van der Waals surface area (Å²) in [6, 6.07) is 13.0. The van der Waals surface area contributed by atoms with Crippen LogP contribution >= 0.6 is 11.3 Å². The lowest BCUT2D eigenvalue weighted by Crippen LogP contribution is -2.47. The molecular formula is C25H29N3O2S. The summed E-state index contributed by atoms with van der Waals surface area (Å²) >= 11 is 1.54. The molecule has 162 valence electrons. The van der Waals surface area contributed by atoms with Gasteiger partial charge in [-0.1, -0.05) is 44.2 Å². The molecule has 0 spiro atoms. The van der Waals surface area contributed by atoms with Crippen molar-refractivity contribution in [1.82, 2.24) is 10.3 Å². The van der Waals surface area contributed by atoms with Crippen molar-refractivity contribution >= 4 is 33.1 Å². The van der Waals surface area contributed by atoms with Crippen molar-refractivity contribution in [3.05, 3.63) is 42.5 Å². The third-order valence-corrected chi connectivity index (χ3v) is 7.94. The molecule has 31 heavy (non-hydrogen) atoms. The van der Waals surface area contributed by atoms with Gasteiger partial charge in [-0.25, -0.2) is 4.98 Å². The van der Waals surface area contributed by atoms with Crippen molar-refractivity contribution in [2.45, 2.75) is 51.0 Å².